The number of ether oxygens (including phenoxy) is 1. The van der Waals surface area contributed by atoms with Crippen molar-refractivity contribution in [2.75, 3.05) is 57.4 Å². The van der Waals surface area contributed by atoms with Crippen molar-refractivity contribution < 1.29 is 14.3 Å². The lowest BCUT2D eigenvalue weighted by molar-refractivity contribution is -0.139. The molecule has 2 fully saturated rings. The van der Waals surface area contributed by atoms with Crippen LogP contribution in [0.15, 0.2) is 15.7 Å². The zero-order valence-electron chi connectivity index (χ0n) is 19.6. The maximum Gasteiger partial charge on any atom is 0.333 e. The molecule has 0 atom stereocenters. The minimum Gasteiger partial charge on any atom is -0.378 e. The molecule has 0 saturated carbocycles. The lowest BCUT2D eigenvalue weighted by Gasteiger charge is -2.37. The second-order valence-corrected chi connectivity index (χ2v) is 8.91. The molecule has 10 nitrogen and oxygen atoms in total. The summed E-state index contributed by atoms with van der Waals surface area (Å²) in [4.78, 5) is 56.0. The van der Waals surface area contributed by atoms with Crippen molar-refractivity contribution in [3.05, 3.63) is 26.9 Å². The van der Waals surface area contributed by atoms with Crippen LogP contribution in [0, 0.1) is 0 Å². The van der Waals surface area contributed by atoms with E-state index in [-0.39, 0.29) is 48.0 Å². The van der Waals surface area contributed by atoms with Gasteiger partial charge in [0, 0.05) is 70.3 Å². The third kappa shape index (κ3) is 5.23. The van der Waals surface area contributed by atoms with E-state index >= 15 is 0 Å². The quantitative estimate of drug-likeness (QED) is 0.626. The lowest BCUT2D eigenvalue weighted by atomic mass is 10.2. The van der Waals surface area contributed by atoms with Gasteiger partial charge in [-0.15, -0.1) is 0 Å². The maximum atomic E-state index is 13.0. The van der Waals surface area contributed by atoms with Crippen molar-refractivity contribution >= 4 is 17.6 Å². The number of morpholine rings is 1. The highest BCUT2D eigenvalue weighted by Gasteiger charge is 2.26. The second kappa shape index (κ2) is 10.3. The van der Waals surface area contributed by atoms with Gasteiger partial charge in [-0.2, -0.15) is 0 Å². The van der Waals surface area contributed by atoms with Gasteiger partial charge in [-0.25, -0.2) is 4.79 Å². The smallest absolute Gasteiger partial charge is 0.333 e. The average molecular weight is 450 g/mol. The van der Waals surface area contributed by atoms with E-state index in [4.69, 9.17) is 4.74 Å². The normalized spacial score (nSPS) is 17.4. The standard InChI is InChI=1S/C22H35N5O5/c1-16(2)26-18(15-21(30)27(17(3)4)22(26)31)23-7-9-24(10-8-23)19(28)5-6-20(29)25-11-13-32-14-12-25/h15-17H,5-14H2,1-4H3. The van der Waals surface area contributed by atoms with Crippen LogP contribution in [0.4, 0.5) is 5.82 Å². The Morgan fingerprint density at radius 2 is 1.31 bits per heavy atom. The van der Waals surface area contributed by atoms with Crippen molar-refractivity contribution in [1.29, 1.82) is 0 Å². The Bertz CT molecular complexity index is 937. The Kier molecular flexibility index (Phi) is 7.76. The number of anilines is 1. The molecule has 2 amide bonds. The summed E-state index contributed by atoms with van der Waals surface area (Å²) in [6.45, 7) is 11.8. The number of hydrogen-bond donors (Lipinski definition) is 0. The molecular weight excluding hydrogens is 414 g/mol. The van der Waals surface area contributed by atoms with Crippen molar-refractivity contribution in [3.63, 3.8) is 0 Å². The van der Waals surface area contributed by atoms with Crippen LogP contribution in [0.25, 0.3) is 0 Å². The molecule has 2 aliphatic rings. The van der Waals surface area contributed by atoms with Gasteiger partial charge in [-0.3, -0.25) is 23.5 Å². The van der Waals surface area contributed by atoms with Crippen LogP contribution >= 0.6 is 0 Å². The van der Waals surface area contributed by atoms with Crippen LogP contribution in [0.2, 0.25) is 0 Å². The highest BCUT2D eigenvalue weighted by molar-refractivity contribution is 5.84. The zero-order chi connectivity index (χ0) is 23.4. The topological polar surface area (TPSA) is 97.1 Å². The Hall–Kier alpha value is -2.62. The number of amides is 2. The molecule has 3 heterocycles. The van der Waals surface area contributed by atoms with E-state index in [9.17, 15) is 19.2 Å². The van der Waals surface area contributed by atoms with E-state index in [0.717, 1.165) is 0 Å². The summed E-state index contributed by atoms with van der Waals surface area (Å²) < 4.78 is 8.18. The van der Waals surface area contributed by atoms with Gasteiger partial charge in [-0.05, 0) is 27.7 Å². The van der Waals surface area contributed by atoms with Crippen LogP contribution in [0.3, 0.4) is 0 Å². The SMILES string of the molecule is CC(C)n1c(N2CCN(C(=O)CCC(=O)N3CCOCC3)CC2)cc(=O)n(C(C)C)c1=O. The van der Waals surface area contributed by atoms with E-state index in [1.165, 1.54) is 10.6 Å². The fourth-order valence-electron chi connectivity index (χ4n) is 4.29. The zero-order valence-corrected chi connectivity index (χ0v) is 19.6. The van der Waals surface area contributed by atoms with Gasteiger partial charge < -0.3 is 19.4 Å². The van der Waals surface area contributed by atoms with E-state index < -0.39 is 0 Å². The Morgan fingerprint density at radius 3 is 1.81 bits per heavy atom. The Morgan fingerprint density at radius 1 is 0.812 bits per heavy atom. The van der Waals surface area contributed by atoms with Gasteiger partial charge in [-0.1, -0.05) is 0 Å². The number of aromatic nitrogens is 2. The minimum absolute atomic E-state index is 0.00745. The highest BCUT2D eigenvalue weighted by Crippen LogP contribution is 2.18. The minimum atomic E-state index is -0.308. The molecule has 3 rings (SSSR count). The van der Waals surface area contributed by atoms with E-state index in [1.54, 1.807) is 14.4 Å². The van der Waals surface area contributed by atoms with Gasteiger partial charge in [0.1, 0.15) is 5.82 Å². The first-order valence-electron chi connectivity index (χ1n) is 11.5. The van der Waals surface area contributed by atoms with Crippen molar-refractivity contribution in [2.24, 2.45) is 0 Å². The van der Waals surface area contributed by atoms with Gasteiger partial charge >= 0.3 is 5.69 Å². The molecule has 10 heteroatoms. The van der Waals surface area contributed by atoms with Crippen molar-refractivity contribution in [1.82, 2.24) is 18.9 Å². The average Bonchev–Trinajstić information content (AvgIpc) is 2.77. The van der Waals surface area contributed by atoms with Crippen LogP contribution in [-0.4, -0.2) is 83.2 Å². The number of carbonyl (C=O) groups excluding carboxylic acids is 2. The van der Waals surface area contributed by atoms with Gasteiger partial charge in [0.25, 0.3) is 5.56 Å². The number of piperazine rings is 1. The first kappa shape index (κ1) is 24.0. The fourth-order valence-corrected chi connectivity index (χ4v) is 4.29. The maximum absolute atomic E-state index is 13.0. The van der Waals surface area contributed by atoms with Crippen molar-refractivity contribution in [3.8, 4) is 0 Å². The summed E-state index contributed by atoms with van der Waals surface area (Å²) in [6.07, 6.45) is 0.399. The Balaban J connectivity index is 1.63. The van der Waals surface area contributed by atoms with E-state index in [1.807, 2.05) is 32.6 Å². The molecule has 178 valence electrons. The molecule has 0 aliphatic carbocycles. The molecule has 1 aromatic rings. The molecule has 2 saturated heterocycles. The summed E-state index contributed by atoms with van der Waals surface area (Å²) in [5.41, 5.74) is -0.616. The third-order valence-electron chi connectivity index (χ3n) is 6.05. The molecule has 0 bridgehead atoms. The van der Waals surface area contributed by atoms with E-state index in [0.29, 0.717) is 58.3 Å². The molecule has 32 heavy (non-hydrogen) atoms. The van der Waals surface area contributed by atoms with Crippen LogP contribution in [0.1, 0.15) is 52.6 Å². The molecule has 1 aromatic heterocycles. The number of rotatable bonds is 6. The molecule has 0 unspecified atom stereocenters. The van der Waals surface area contributed by atoms with Crippen LogP contribution in [0.5, 0.6) is 0 Å². The molecule has 0 aromatic carbocycles. The summed E-state index contributed by atoms with van der Waals surface area (Å²) in [6, 6.07) is 1.21. The van der Waals surface area contributed by atoms with Gasteiger partial charge in [0.15, 0.2) is 0 Å². The summed E-state index contributed by atoms with van der Waals surface area (Å²) in [5.74, 6) is 0.552. The predicted molar refractivity (Wildman–Crippen MR) is 121 cm³/mol. The first-order chi connectivity index (χ1) is 15.2. The second-order valence-electron chi connectivity index (χ2n) is 8.91. The monoisotopic (exact) mass is 449 g/mol. The largest absolute Gasteiger partial charge is 0.378 e. The summed E-state index contributed by atoms with van der Waals surface area (Å²) in [7, 11) is 0. The van der Waals surface area contributed by atoms with Crippen LogP contribution < -0.4 is 16.1 Å². The van der Waals surface area contributed by atoms with E-state index in [2.05, 4.69) is 0 Å². The molecular formula is C22H35N5O5. The molecule has 0 spiro atoms. The summed E-state index contributed by atoms with van der Waals surface area (Å²) in [5, 5.41) is 0. The van der Waals surface area contributed by atoms with Gasteiger partial charge in [0.2, 0.25) is 11.8 Å². The molecule has 0 radical (unpaired) electrons. The molecule has 2 aliphatic heterocycles. The number of nitrogens with zero attached hydrogens (tertiary/aromatic N) is 5. The lowest BCUT2D eigenvalue weighted by Crippen LogP contribution is -2.52. The van der Waals surface area contributed by atoms with Crippen molar-refractivity contribution in [2.45, 2.75) is 52.6 Å². The van der Waals surface area contributed by atoms with Gasteiger partial charge in [0.05, 0.1) is 13.2 Å². The molecule has 0 N–H and O–H groups in total. The number of carbonyl (C=O) groups is 2. The number of hydrogen-bond acceptors (Lipinski definition) is 6. The third-order valence-corrected chi connectivity index (χ3v) is 6.05. The fraction of sp³-hybridized carbons (Fsp3) is 0.727. The van der Waals surface area contributed by atoms with Crippen LogP contribution in [-0.2, 0) is 14.3 Å². The summed E-state index contributed by atoms with van der Waals surface area (Å²) >= 11 is 0. The predicted octanol–water partition coefficient (Wildman–Crippen LogP) is 0.459. The highest BCUT2D eigenvalue weighted by atomic mass is 16.5. The Labute approximate surface area is 188 Å². The first-order valence-corrected chi connectivity index (χ1v) is 11.5.